The van der Waals surface area contributed by atoms with E-state index in [1.54, 1.807) is 30.3 Å². The lowest BCUT2D eigenvalue weighted by molar-refractivity contribution is -0.138. The van der Waals surface area contributed by atoms with Crippen LogP contribution in [0, 0.1) is 16.7 Å². The highest BCUT2D eigenvalue weighted by Gasteiger charge is 2.52. The number of unbranched alkanes of at least 4 members (excludes halogenated alkanes) is 9. The second kappa shape index (κ2) is 16.9. The smallest absolute Gasteiger partial charge is 0.338 e. The van der Waals surface area contributed by atoms with Crippen molar-refractivity contribution in [3.8, 4) is 11.8 Å². The average molecular weight is 595 g/mol. The standard InChI is InChI=1S/C34H43ClN2O5/c1-3-5-6-7-8-9-10-11-12-13-22-41-33(40)26-16-19-28(35)29(23-26)37-32(39)30(31(38)34(4-2)20-21-34)42-27-17-14-25(24-36)15-18-27/h14-19,23,30H,3-13,20-22H2,1-2H3,(H,37,39). The third-order valence-electron chi connectivity index (χ3n) is 7.96. The maximum absolute atomic E-state index is 13.4. The minimum Gasteiger partial charge on any atom is -0.473 e. The number of hydrogen-bond acceptors (Lipinski definition) is 6. The Morgan fingerprint density at radius 3 is 2.12 bits per heavy atom. The quantitative estimate of drug-likeness (QED) is 0.0993. The summed E-state index contributed by atoms with van der Waals surface area (Å²) < 4.78 is 11.3. The summed E-state index contributed by atoms with van der Waals surface area (Å²) in [7, 11) is 0. The minimum atomic E-state index is -1.41. The molecular weight excluding hydrogens is 552 g/mol. The van der Waals surface area contributed by atoms with Crippen LogP contribution in [-0.4, -0.2) is 30.4 Å². The number of nitrogens with one attached hydrogen (secondary N) is 1. The lowest BCUT2D eigenvalue weighted by Gasteiger charge is -2.22. The van der Waals surface area contributed by atoms with Gasteiger partial charge in [0.25, 0.3) is 5.91 Å². The molecule has 42 heavy (non-hydrogen) atoms. The zero-order valence-electron chi connectivity index (χ0n) is 24.9. The predicted octanol–water partition coefficient (Wildman–Crippen LogP) is 8.43. The highest BCUT2D eigenvalue weighted by atomic mass is 35.5. The van der Waals surface area contributed by atoms with Gasteiger partial charge in [-0.3, -0.25) is 9.59 Å². The normalized spacial score (nSPS) is 14.0. The fraction of sp³-hybridized carbons (Fsp3) is 0.529. The van der Waals surface area contributed by atoms with E-state index in [0.717, 1.165) is 19.3 Å². The van der Waals surface area contributed by atoms with Crippen molar-refractivity contribution in [3.63, 3.8) is 0 Å². The molecule has 2 aromatic rings. The number of nitriles is 1. The van der Waals surface area contributed by atoms with Crippen molar-refractivity contribution in [2.45, 2.75) is 103 Å². The summed E-state index contributed by atoms with van der Waals surface area (Å²) in [6.45, 7) is 4.47. The van der Waals surface area contributed by atoms with Crippen LogP contribution in [0.4, 0.5) is 5.69 Å². The fourth-order valence-corrected chi connectivity index (χ4v) is 5.12. The number of halogens is 1. The molecule has 1 fully saturated rings. The maximum Gasteiger partial charge on any atom is 0.338 e. The molecule has 2 aromatic carbocycles. The average Bonchev–Trinajstić information content (AvgIpc) is 3.81. The van der Waals surface area contributed by atoms with E-state index in [-0.39, 0.29) is 22.1 Å². The van der Waals surface area contributed by atoms with Crippen molar-refractivity contribution in [2.75, 3.05) is 11.9 Å². The van der Waals surface area contributed by atoms with Crippen LogP contribution in [0.15, 0.2) is 42.5 Å². The first-order valence-electron chi connectivity index (χ1n) is 15.3. The van der Waals surface area contributed by atoms with Gasteiger partial charge in [0.15, 0.2) is 5.78 Å². The molecule has 0 bridgehead atoms. The largest absolute Gasteiger partial charge is 0.473 e. The van der Waals surface area contributed by atoms with Gasteiger partial charge in [-0.05, 0) is 68.1 Å². The first-order valence-corrected chi connectivity index (χ1v) is 15.7. The number of esters is 1. The zero-order chi connectivity index (χ0) is 30.4. The van der Waals surface area contributed by atoms with E-state index in [1.165, 1.54) is 57.1 Å². The summed E-state index contributed by atoms with van der Waals surface area (Å²) in [4.78, 5) is 39.5. The van der Waals surface area contributed by atoms with Gasteiger partial charge in [0.2, 0.25) is 6.10 Å². The molecule has 1 N–H and O–H groups in total. The third kappa shape index (κ3) is 9.87. The molecule has 1 aliphatic rings. The van der Waals surface area contributed by atoms with Crippen molar-refractivity contribution < 1.29 is 23.9 Å². The first kappa shape index (κ1) is 33.1. The maximum atomic E-state index is 13.4. The predicted molar refractivity (Wildman–Crippen MR) is 165 cm³/mol. The van der Waals surface area contributed by atoms with Gasteiger partial charge >= 0.3 is 5.97 Å². The van der Waals surface area contributed by atoms with Gasteiger partial charge in [0.1, 0.15) is 5.75 Å². The third-order valence-corrected chi connectivity index (χ3v) is 8.29. The SMILES string of the molecule is CCCCCCCCCCCCOC(=O)c1ccc(Cl)c(NC(=O)C(Oc2ccc(C#N)cc2)C(=O)C2(CC)CC2)c1. The lowest BCUT2D eigenvalue weighted by Crippen LogP contribution is -2.43. The molecular formula is C34H43ClN2O5. The number of ketones is 1. The lowest BCUT2D eigenvalue weighted by atomic mass is 9.93. The second-order valence-electron chi connectivity index (χ2n) is 11.1. The van der Waals surface area contributed by atoms with Crippen LogP contribution in [0.5, 0.6) is 5.75 Å². The van der Waals surface area contributed by atoms with Gasteiger partial charge in [0.05, 0.1) is 34.5 Å². The van der Waals surface area contributed by atoms with Crippen LogP contribution >= 0.6 is 11.6 Å². The molecule has 7 nitrogen and oxygen atoms in total. The van der Waals surface area contributed by atoms with E-state index in [2.05, 4.69) is 12.2 Å². The van der Waals surface area contributed by atoms with Crippen molar-refractivity contribution in [2.24, 2.45) is 5.41 Å². The number of amides is 1. The summed E-state index contributed by atoms with van der Waals surface area (Å²) in [5.74, 6) is -1.18. The van der Waals surface area contributed by atoms with Gasteiger partial charge in [-0.25, -0.2) is 4.79 Å². The molecule has 8 heteroatoms. The Balaban J connectivity index is 1.55. The number of anilines is 1. The number of Topliss-reactive ketones (excluding diaryl/α,β-unsaturated/α-hetero) is 1. The number of hydrogen-bond donors (Lipinski definition) is 1. The fourth-order valence-electron chi connectivity index (χ4n) is 4.96. The number of benzene rings is 2. The molecule has 226 valence electrons. The van der Waals surface area contributed by atoms with Crippen molar-refractivity contribution >= 4 is 34.9 Å². The van der Waals surface area contributed by atoms with Gasteiger partial charge in [-0.1, -0.05) is 83.2 Å². The molecule has 1 saturated carbocycles. The van der Waals surface area contributed by atoms with Crippen molar-refractivity contribution in [3.05, 3.63) is 58.6 Å². The highest BCUT2D eigenvalue weighted by Crippen LogP contribution is 2.50. The van der Waals surface area contributed by atoms with E-state index in [4.69, 9.17) is 26.3 Å². The summed E-state index contributed by atoms with van der Waals surface area (Å²) in [5, 5.41) is 12.0. The van der Waals surface area contributed by atoms with Crippen molar-refractivity contribution in [1.29, 1.82) is 5.26 Å². The van der Waals surface area contributed by atoms with E-state index < -0.39 is 23.4 Å². The van der Waals surface area contributed by atoms with E-state index in [0.29, 0.717) is 37.2 Å². The van der Waals surface area contributed by atoms with Crippen LogP contribution in [0.1, 0.15) is 113 Å². The molecule has 0 radical (unpaired) electrons. The van der Waals surface area contributed by atoms with Crippen LogP contribution < -0.4 is 10.1 Å². The molecule has 0 aromatic heterocycles. The molecule has 1 amide bonds. The van der Waals surface area contributed by atoms with Gasteiger partial charge in [-0.15, -0.1) is 0 Å². The zero-order valence-corrected chi connectivity index (χ0v) is 25.6. The van der Waals surface area contributed by atoms with Crippen LogP contribution in [-0.2, 0) is 14.3 Å². The van der Waals surface area contributed by atoms with E-state index >= 15 is 0 Å². The Bertz CT molecular complexity index is 1230. The monoisotopic (exact) mass is 594 g/mol. The van der Waals surface area contributed by atoms with E-state index in [1.807, 2.05) is 13.0 Å². The first-order chi connectivity index (χ1) is 20.3. The molecule has 0 aliphatic heterocycles. The number of carbonyl (C=O) groups is 3. The van der Waals surface area contributed by atoms with Gasteiger partial charge in [-0.2, -0.15) is 5.26 Å². The number of rotatable bonds is 19. The van der Waals surface area contributed by atoms with E-state index in [9.17, 15) is 14.4 Å². The molecule has 0 saturated heterocycles. The Morgan fingerprint density at radius 1 is 0.929 bits per heavy atom. The van der Waals surface area contributed by atoms with Crippen LogP contribution in [0.2, 0.25) is 5.02 Å². The topological polar surface area (TPSA) is 105 Å². The van der Waals surface area contributed by atoms with Gasteiger partial charge in [0, 0.05) is 5.41 Å². The number of ether oxygens (including phenoxy) is 2. The molecule has 3 rings (SSSR count). The van der Waals surface area contributed by atoms with Crippen LogP contribution in [0.3, 0.4) is 0 Å². The number of nitrogens with zero attached hydrogens (tertiary/aromatic N) is 1. The highest BCUT2D eigenvalue weighted by molar-refractivity contribution is 6.34. The second-order valence-corrected chi connectivity index (χ2v) is 11.5. The Kier molecular flexibility index (Phi) is 13.3. The molecule has 0 heterocycles. The Hall–Kier alpha value is -3.37. The molecule has 1 aliphatic carbocycles. The summed E-state index contributed by atoms with van der Waals surface area (Å²) >= 11 is 6.35. The Labute approximate surface area is 254 Å². The minimum absolute atomic E-state index is 0.192. The van der Waals surface area contributed by atoms with Crippen LogP contribution in [0.25, 0.3) is 0 Å². The van der Waals surface area contributed by atoms with Gasteiger partial charge < -0.3 is 14.8 Å². The summed E-state index contributed by atoms with van der Waals surface area (Å²) in [6.07, 6.45) is 12.5. The summed E-state index contributed by atoms with van der Waals surface area (Å²) in [6, 6.07) is 12.8. The number of carbonyl (C=O) groups excluding carboxylic acids is 3. The molecule has 0 spiro atoms. The Morgan fingerprint density at radius 2 is 1.55 bits per heavy atom. The molecule has 1 atom stereocenters. The molecule has 1 unspecified atom stereocenters. The summed E-state index contributed by atoms with van der Waals surface area (Å²) in [5.41, 5.74) is 0.298. The van der Waals surface area contributed by atoms with Crippen molar-refractivity contribution in [1.82, 2.24) is 0 Å².